The topological polar surface area (TPSA) is 105 Å². The van der Waals surface area contributed by atoms with Crippen molar-refractivity contribution in [3.05, 3.63) is 109 Å². The molecule has 0 fully saturated rings. The van der Waals surface area contributed by atoms with Crippen LogP contribution in [-0.4, -0.2) is 32.0 Å². The molecule has 1 aliphatic rings. The number of aromatic nitrogens is 7. The van der Waals surface area contributed by atoms with Crippen LogP contribution in [0.4, 0.5) is 0 Å². The predicted molar refractivity (Wildman–Crippen MR) is 166 cm³/mol. The molecule has 0 saturated carbocycles. The van der Waals surface area contributed by atoms with Crippen molar-refractivity contribution < 1.29 is 17.1 Å². The molecule has 8 nitrogen and oxygen atoms in total. The van der Waals surface area contributed by atoms with Crippen LogP contribution in [0.1, 0.15) is 22.3 Å². The van der Waals surface area contributed by atoms with Gasteiger partial charge in [0.1, 0.15) is 0 Å². The Morgan fingerprint density at radius 1 is 0.619 bits per heavy atom. The monoisotopic (exact) mass is 595 g/mol. The molecule has 1 radical (unpaired) electrons. The molecule has 6 rings (SSSR count). The Hall–Kier alpha value is -5.24. The van der Waals surface area contributed by atoms with E-state index in [-0.39, 0.29) is 17.1 Å². The first kappa shape index (κ1) is 28.3. The molecule has 0 spiro atoms. The fourth-order valence-corrected chi connectivity index (χ4v) is 4.81. The molecule has 1 aliphatic heterocycles. The number of hydrogen-bond donors (Lipinski definition) is 0. The third-order valence-electron chi connectivity index (χ3n) is 6.78. The summed E-state index contributed by atoms with van der Waals surface area (Å²) in [5, 5.41) is 1.68. The maximum atomic E-state index is 4.91. The van der Waals surface area contributed by atoms with Gasteiger partial charge in [-0.1, -0.05) is 99.2 Å². The molecular formula is C33H24CuN8. The van der Waals surface area contributed by atoms with E-state index in [0.717, 1.165) is 21.9 Å². The number of fused-ring (bicyclic) bond motifs is 12. The third kappa shape index (κ3) is 4.71. The first-order valence-electron chi connectivity index (χ1n) is 12.8. The van der Waals surface area contributed by atoms with Crippen LogP contribution in [-0.2, 0) is 17.1 Å². The van der Waals surface area contributed by atoms with Crippen molar-refractivity contribution in [1.82, 2.24) is 34.9 Å². The first-order chi connectivity index (χ1) is 20.1. The van der Waals surface area contributed by atoms with Gasteiger partial charge in [0.2, 0.25) is 0 Å². The Balaban J connectivity index is 0.00000353. The summed E-state index contributed by atoms with van der Waals surface area (Å²) in [6, 6.07) is 15.6. The molecule has 0 unspecified atom stereocenters. The molecule has 2 aromatic carbocycles. The second kappa shape index (κ2) is 11.7. The fourth-order valence-electron chi connectivity index (χ4n) is 4.81. The van der Waals surface area contributed by atoms with E-state index in [2.05, 4.69) is 36.3 Å². The van der Waals surface area contributed by atoms with E-state index in [1.165, 1.54) is 0 Å². The zero-order chi connectivity index (χ0) is 28.5. The minimum Gasteiger partial charge on any atom is -0.368 e. The van der Waals surface area contributed by atoms with E-state index in [9.17, 15) is 0 Å². The van der Waals surface area contributed by atoms with Crippen molar-refractivity contribution in [3.63, 3.8) is 0 Å². The minimum absolute atomic E-state index is 0. The summed E-state index contributed by atoms with van der Waals surface area (Å²) < 4.78 is 0. The number of benzene rings is 2. The van der Waals surface area contributed by atoms with E-state index in [0.29, 0.717) is 62.0 Å². The molecule has 0 saturated heterocycles. The van der Waals surface area contributed by atoms with Crippen LogP contribution in [0.3, 0.4) is 0 Å². The van der Waals surface area contributed by atoms with Gasteiger partial charge in [-0.05, 0) is 33.7 Å². The summed E-state index contributed by atoms with van der Waals surface area (Å²) >= 11 is 0. The number of nitrogens with zero attached hydrogens (tertiary/aromatic N) is 8. The van der Waals surface area contributed by atoms with Crippen molar-refractivity contribution in [3.8, 4) is 22.8 Å². The normalized spacial score (nSPS) is 11.3. The summed E-state index contributed by atoms with van der Waals surface area (Å²) in [4.78, 5) is 38.1. The smallest absolute Gasteiger partial charge is 0.368 e. The standard InChI is InChI=1S/C33H24N8.Cu/c1-6-19-18-35-28-21(8-3)22(9-4)29(37-28)38-31-25-16-12-13-17-26(25)33(40-31)41-32-24-15-11-10-14-23(24)30(39-32)36-27(34-5)20(19)7-2;/h6-18H,1-4H2,5H3;/q-2;+2. The van der Waals surface area contributed by atoms with Gasteiger partial charge < -0.3 is 29.9 Å². The number of rotatable bonds is 4. The van der Waals surface area contributed by atoms with Crippen molar-refractivity contribution in [2.45, 2.75) is 0 Å². The summed E-state index contributed by atoms with van der Waals surface area (Å²) in [7, 11) is 1.67. The molecule has 42 heavy (non-hydrogen) atoms. The molecule has 5 aromatic rings. The second-order valence-electron chi connectivity index (χ2n) is 9.02. The van der Waals surface area contributed by atoms with Gasteiger partial charge in [0.15, 0.2) is 0 Å². The van der Waals surface area contributed by atoms with Gasteiger partial charge in [-0.2, -0.15) is 0 Å². The van der Waals surface area contributed by atoms with Crippen molar-refractivity contribution in [2.24, 2.45) is 4.99 Å². The van der Waals surface area contributed by atoms with Gasteiger partial charge in [-0.15, -0.1) is 0 Å². The molecule has 0 N–H and O–H groups in total. The predicted octanol–water partition coefficient (Wildman–Crippen LogP) is 6.03. The maximum absolute atomic E-state index is 4.91. The summed E-state index contributed by atoms with van der Waals surface area (Å²) in [5.74, 6) is 0.981. The van der Waals surface area contributed by atoms with Gasteiger partial charge in [0, 0.05) is 46.3 Å². The van der Waals surface area contributed by atoms with E-state index in [4.69, 9.17) is 29.9 Å². The van der Waals surface area contributed by atoms with Crippen molar-refractivity contribution >= 4 is 57.7 Å². The van der Waals surface area contributed by atoms with Crippen molar-refractivity contribution in [2.75, 3.05) is 7.05 Å². The van der Waals surface area contributed by atoms with Crippen LogP contribution in [0, 0.1) is 0 Å². The molecule has 3 aromatic heterocycles. The molecular weight excluding hydrogens is 572 g/mol. The van der Waals surface area contributed by atoms with Crippen molar-refractivity contribution in [1.29, 1.82) is 0 Å². The van der Waals surface area contributed by atoms with Gasteiger partial charge in [0.25, 0.3) is 0 Å². The van der Waals surface area contributed by atoms with Crippen LogP contribution in [0.2, 0.25) is 0 Å². The van der Waals surface area contributed by atoms with Gasteiger partial charge in [-0.25, -0.2) is 4.98 Å². The average Bonchev–Trinajstić information content (AvgIpc) is 3.65. The average molecular weight is 596 g/mol. The molecule has 0 aliphatic carbocycles. The SMILES string of the molecule is C=Cc1cnc2[n-]c(nc3nc(nc4[n-]c(nc(=NC)c1C=C)c1ccccc41)-c1ccccc1-3)c(C=C)c2C=C.[Cu+2]. The van der Waals surface area contributed by atoms with Crippen LogP contribution in [0.15, 0.2) is 86.0 Å². The van der Waals surface area contributed by atoms with E-state index < -0.39 is 0 Å². The molecule has 6 bridgehead atoms. The first-order valence-corrected chi connectivity index (χ1v) is 12.8. The maximum Gasteiger partial charge on any atom is 2.00 e. The quantitative estimate of drug-likeness (QED) is 0.229. The summed E-state index contributed by atoms with van der Waals surface area (Å²) in [6.45, 7) is 15.9. The Bertz CT molecular complexity index is 2150. The van der Waals surface area contributed by atoms with Crippen LogP contribution in [0.25, 0.3) is 80.4 Å². The summed E-state index contributed by atoms with van der Waals surface area (Å²) in [6.07, 6.45) is 8.38. The van der Waals surface area contributed by atoms with Gasteiger partial charge in [0.05, 0.1) is 17.1 Å². The van der Waals surface area contributed by atoms with E-state index in [1.807, 2.05) is 48.5 Å². The molecule has 207 valence electrons. The zero-order valence-corrected chi connectivity index (χ0v) is 23.7. The Kier molecular flexibility index (Phi) is 7.88. The molecule has 0 amide bonds. The largest absolute Gasteiger partial charge is 2.00 e. The molecule has 0 atom stereocenters. The zero-order valence-electron chi connectivity index (χ0n) is 22.7. The second-order valence-corrected chi connectivity index (χ2v) is 9.02. The third-order valence-corrected chi connectivity index (χ3v) is 6.78. The van der Waals surface area contributed by atoms with E-state index in [1.54, 1.807) is 37.5 Å². The van der Waals surface area contributed by atoms with Gasteiger partial charge >= 0.3 is 17.1 Å². The fraction of sp³-hybridized carbons (Fsp3) is 0.0303. The minimum atomic E-state index is 0. The number of hydrogen-bond acceptors (Lipinski definition) is 6. The van der Waals surface area contributed by atoms with Crippen LogP contribution >= 0.6 is 0 Å². The Morgan fingerprint density at radius 2 is 1.14 bits per heavy atom. The Morgan fingerprint density at radius 3 is 1.71 bits per heavy atom. The molecule has 4 heterocycles. The van der Waals surface area contributed by atoms with E-state index >= 15 is 0 Å². The van der Waals surface area contributed by atoms with Gasteiger partial charge in [-0.3, -0.25) is 4.99 Å². The van der Waals surface area contributed by atoms with Crippen LogP contribution < -0.4 is 15.5 Å². The summed E-state index contributed by atoms with van der Waals surface area (Å²) in [5.41, 5.74) is 6.63. The Labute approximate surface area is 252 Å². The molecule has 9 heteroatoms. The van der Waals surface area contributed by atoms with Crippen LogP contribution in [0.5, 0.6) is 0 Å².